The van der Waals surface area contributed by atoms with E-state index in [0.717, 1.165) is 0 Å². The zero-order valence-electron chi connectivity index (χ0n) is 15.2. The van der Waals surface area contributed by atoms with Crippen molar-refractivity contribution in [3.63, 3.8) is 0 Å². The fourth-order valence-corrected chi connectivity index (χ4v) is 3.24. The highest BCUT2D eigenvalue weighted by atomic mass is 16.2. The maximum absolute atomic E-state index is 12.7. The zero-order valence-corrected chi connectivity index (χ0v) is 15.2. The van der Waals surface area contributed by atoms with E-state index >= 15 is 0 Å². The summed E-state index contributed by atoms with van der Waals surface area (Å²) in [5, 5.41) is 5.18. The molecule has 1 atom stereocenters. The third kappa shape index (κ3) is 3.47. The first-order valence-corrected chi connectivity index (χ1v) is 8.72. The zero-order chi connectivity index (χ0) is 19.1. The van der Waals surface area contributed by atoms with E-state index in [1.54, 1.807) is 18.2 Å². The van der Waals surface area contributed by atoms with Crippen LogP contribution in [0.25, 0.3) is 0 Å². The van der Waals surface area contributed by atoms with Gasteiger partial charge in [0.15, 0.2) is 0 Å². The molecule has 7 heteroatoms. The number of piperidine rings is 1. The van der Waals surface area contributed by atoms with E-state index < -0.39 is 11.9 Å². The summed E-state index contributed by atoms with van der Waals surface area (Å²) < 4.78 is 0. The Balaban J connectivity index is 1.83. The second-order valence-corrected chi connectivity index (χ2v) is 7.97. The summed E-state index contributed by atoms with van der Waals surface area (Å²) in [6.07, 6.45) is 0.505. The molecule has 2 heterocycles. The van der Waals surface area contributed by atoms with Crippen molar-refractivity contribution in [1.82, 2.24) is 15.5 Å². The molecule has 1 aromatic rings. The number of carbonyl (C=O) groups is 4. The number of amides is 4. The van der Waals surface area contributed by atoms with Gasteiger partial charge in [0.2, 0.25) is 11.8 Å². The fraction of sp³-hybridized carbons (Fsp3) is 0.474. The van der Waals surface area contributed by atoms with Gasteiger partial charge in [0.05, 0.1) is 0 Å². The van der Waals surface area contributed by atoms with Gasteiger partial charge >= 0.3 is 0 Å². The molecule has 2 aliphatic rings. The molecular weight excluding hydrogens is 334 g/mol. The van der Waals surface area contributed by atoms with Crippen LogP contribution in [0.15, 0.2) is 18.2 Å². The second-order valence-electron chi connectivity index (χ2n) is 7.97. The van der Waals surface area contributed by atoms with Crippen LogP contribution in [-0.2, 0) is 16.1 Å². The van der Waals surface area contributed by atoms with Gasteiger partial charge in [-0.05, 0) is 29.5 Å². The fourth-order valence-electron chi connectivity index (χ4n) is 3.24. The van der Waals surface area contributed by atoms with Gasteiger partial charge in [-0.1, -0.05) is 26.8 Å². The number of rotatable bonds is 3. The van der Waals surface area contributed by atoms with E-state index in [1.165, 1.54) is 4.90 Å². The average Bonchev–Trinajstić information content (AvgIpc) is 2.89. The van der Waals surface area contributed by atoms with Crippen molar-refractivity contribution in [3.8, 4) is 0 Å². The Bertz CT molecular complexity index is 794. The molecule has 2 aliphatic heterocycles. The van der Waals surface area contributed by atoms with Crippen molar-refractivity contribution in [3.05, 3.63) is 34.9 Å². The lowest BCUT2D eigenvalue weighted by Crippen LogP contribution is -2.52. The highest BCUT2D eigenvalue weighted by Crippen LogP contribution is 2.29. The van der Waals surface area contributed by atoms with E-state index in [-0.39, 0.29) is 36.1 Å². The Labute approximate surface area is 152 Å². The minimum Gasteiger partial charge on any atom is -0.352 e. The summed E-state index contributed by atoms with van der Waals surface area (Å²) in [6, 6.07) is 4.36. The van der Waals surface area contributed by atoms with Gasteiger partial charge in [-0.25, -0.2) is 0 Å². The number of hydrogen-bond acceptors (Lipinski definition) is 4. The van der Waals surface area contributed by atoms with Crippen LogP contribution in [-0.4, -0.2) is 41.1 Å². The molecule has 3 rings (SSSR count). The topological polar surface area (TPSA) is 95.6 Å². The SMILES string of the molecule is CC(C)(C)CNC(=O)c1cccc2c1CN(C1CCC(=O)NC1=O)C2=O. The van der Waals surface area contributed by atoms with E-state index in [1.807, 2.05) is 20.8 Å². The first-order chi connectivity index (χ1) is 12.2. The molecule has 0 aromatic heterocycles. The van der Waals surface area contributed by atoms with Crippen LogP contribution in [0.4, 0.5) is 0 Å². The number of carbonyl (C=O) groups excluding carboxylic acids is 4. The minimum atomic E-state index is -0.682. The lowest BCUT2D eigenvalue weighted by Gasteiger charge is -2.29. The maximum atomic E-state index is 12.7. The maximum Gasteiger partial charge on any atom is 0.255 e. The Morgan fingerprint density at radius 1 is 1.27 bits per heavy atom. The lowest BCUT2D eigenvalue weighted by atomic mass is 9.96. The summed E-state index contributed by atoms with van der Waals surface area (Å²) in [5.74, 6) is -1.28. The van der Waals surface area contributed by atoms with Crippen LogP contribution in [0.5, 0.6) is 0 Å². The monoisotopic (exact) mass is 357 g/mol. The van der Waals surface area contributed by atoms with Gasteiger partial charge < -0.3 is 10.2 Å². The predicted molar refractivity (Wildman–Crippen MR) is 94.3 cm³/mol. The Hall–Kier alpha value is -2.70. The molecule has 138 valence electrons. The van der Waals surface area contributed by atoms with E-state index in [9.17, 15) is 19.2 Å². The van der Waals surface area contributed by atoms with Crippen molar-refractivity contribution >= 4 is 23.6 Å². The second kappa shape index (κ2) is 6.55. The van der Waals surface area contributed by atoms with Gasteiger partial charge in [0, 0.05) is 30.6 Å². The van der Waals surface area contributed by atoms with Gasteiger partial charge in [-0.15, -0.1) is 0 Å². The van der Waals surface area contributed by atoms with Gasteiger partial charge in [0.1, 0.15) is 6.04 Å². The van der Waals surface area contributed by atoms with Crippen LogP contribution in [0.3, 0.4) is 0 Å². The number of imide groups is 1. The number of nitrogens with zero attached hydrogens (tertiary/aromatic N) is 1. The normalized spacial score (nSPS) is 20.0. The first-order valence-electron chi connectivity index (χ1n) is 8.72. The third-order valence-electron chi connectivity index (χ3n) is 4.61. The molecule has 0 radical (unpaired) electrons. The Morgan fingerprint density at radius 2 is 2.00 bits per heavy atom. The molecule has 26 heavy (non-hydrogen) atoms. The third-order valence-corrected chi connectivity index (χ3v) is 4.61. The van der Waals surface area contributed by atoms with Gasteiger partial charge in [0.25, 0.3) is 11.8 Å². The summed E-state index contributed by atoms with van der Waals surface area (Å²) >= 11 is 0. The van der Waals surface area contributed by atoms with E-state index in [2.05, 4.69) is 10.6 Å². The van der Waals surface area contributed by atoms with Crippen LogP contribution in [0.1, 0.15) is 59.9 Å². The number of hydrogen-bond donors (Lipinski definition) is 2. The van der Waals surface area contributed by atoms with Crippen molar-refractivity contribution in [1.29, 1.82) is 0 Å². The molecule has 1 saturated heterocycles. The summed E-state index contributed by atoms with van der Waals surface area (Å²) in [6.45, 7) is 6.78. The standard InChI is InChI=1S/C19H23N3O4/c1-19(2,3)10-20-16(24)11-5-4-6-12-13(11)9-22(18(12)26)14-7-8-15(23)21-17(14)25/h4-6,14H,7-10H2,1-3H3,(H,20,24)(H,21,23,25). The van der Waals surface area contributed by atoms with E-state index in [4.69, 9.17) is 0 Å². The summed E-state index contributed by atoms with van der Waals surface area (Å²) in [5.41, 5.74) is 1.48. The number of nitrogens with one attached hydrogen (secondary N) is 2. The molecule has 0 aliphatic carbocycles. The highest BCUT2D eigenvalue weighted by molar-refractivity contribution is 6.07. The average molecular weight is 357 g/mol. The molecule has 0 saturated carbocycles. The van der Waals surface area contributed by atoms with Crippen LogP contribution >= 0.6 is 0 Å². The van der Waals surface area contributed by atoms with Crippen molar-refractivity contribution in [2.24, 2.45) is 5.41 Å². The molecule has 0 bridgehead atoms. The lowest BCUT2D eigenvalue weighted by molar-refractivity contribution is -0.136. The molecule has 7 nitrogen and oxygen atoms in total. The van der Waals surface area contributed by atoms with Crippen molar-refractivity contribution in [2.75, 3.05) is 6.54 Å². The number of fused-ring (bicyclic) bond motifs is 1. The highest BCUT2D eigenvalue weighted by Gasteiger charge is 2.40. The largest absolute Gasteiger partial charge is 0.352 e. The van der Waals surface area contributed by atoms with Crippen LogP contribution in [0, 0.1) is 5.41 Å². The summed E-state index contributed by atoms with van der Waals surface area (Å²) in [4.78, 5) is 50.2. The van der Waals surface area contributed by atoms with Gasteiger partial charge in [-0.3, -0.25) is 24.5 Å². The molecule has 1 fully saturated rings. The molecule has 0 spiro atoms. The predicted octanol–water partition coefficient (Wildman–Crippen LogP) is 1.22. The minimum absolute atomic E-state index is 0.0534. The quantitative estimate of drug-likeness (QED) is 0.795. The smallest absolute Gasteiger partial charge is 0.255 e. The van der Waals surface area contributed by atoms with Crippen molar-refractivity contribution < 1.29 is 19.2 Å². The van der Waals surface area contributed by atoms with E-state index in [0.29, 0.717) is 29.7 Å². The molecule has 4 amide bonds. The van der Waals surface area contributed by atoms with Gasteiger partial charge in [-0.2, -0.15) is 0 Å². The molecule has 1 aromatic carbocycles. The number of benzene rings is 1. The molecule has 1 unspecified atom stereocenters. The summed E-state index contributed by atoms with van der Waals surface area (Å²) in [7, 11) is 0. The first kappa shape index (κ1) is 18.1. The Kier molecular flexibility index (Phi) is 4.56. The molecular formula is C19H23N3O4. The van der Waals surface area contributed by atoms with Crippen LogP contribution < -0.4 is 10.6 Å². The molecule has 2 N–H and O–H groups in total. The Morgan fingerprint density at radius 3 is 2.65 bits per heavy atom. The van der Waals surface area contributed by atoms with Crippen molar-refractivity contribution in [2.45, 2.75) is 46.2 Å². The van der Waals surface area contributed by atoms with Crippen LogP contribution in [0.2, 0.25) is 0 Å².